The molecule has 15 nitrogen and oxygen atoms in total. The predicted octanol–water partition coefficient (Wildman–Crippen LogP) is 13.7. The molecule has 0 aromatic heterocycles. The molecule has 12 rings (SSSR count). The molecular formula is C86H130N4O11. The van der Waals surface area contributed by atoms with E-state index < -0.39 is 5.41 Å². The molecule has 0 saturated heterocycles. The Bertz CT molecular complexity index is 2800. The van der Waals surface area contributed by atoms with Gasteiger partial charge in [0.15, 0.2) is 0 Å². The normalized spacial score (nSPS) is 29.4. The number of aryl methyl sites for hydroxylation is 1. The van der Waals surface area contributed by atoms with E-state index in [0.29, 0.717) is 171 Å². The number of rotatable bonds is 36. The highest BCUT2D eigenvalue weighted by atomic mass is 16.6. The maximum atomic E-state index is 10.6. The Kier molecular flexibility index (Phi) is 27.5. The van der Waals surface area contributed by atoms with E-state index in [0.717, 1.165) is 71.1 Å². The van der Waals surface area contributed by atoms with Crippen molar-refractivity contribution in [2.24, 2.45) is 29.1 Å². The number of phenolic OH excluding ortho intramolecular Hbond substituents is 3. The van der Waals surface area contributed by atoms with Gasteiger partial charge in [0.25, 0.3) is 0 Å². The number of ether oxygens (including phenoxy) is 8. The first kappa shape index (κ1) is 76.4. The van der Waals surface area contributed by atoms with Gasteiger partial charge < -0.3 is 74.5 Å². The number of hydrogen-bond acceptors (Lipinski definition) is 15. The number of aromatic hydroxyl groups is 3. The molecule has 0 amide bonds. The van der Waals surface area contributed by atoms with Gasteiger partial charge in [-0.1, -0.05) is 147 Å². The van der Waals surface area contributed by atoms with E-state index in [1.807, 2.05) is 36.4 Å². The highest BCUT2D eigenvalue weighted by Gasteiger charge is 2.50. The summed E-state index contributed by atoms with van der Waals surface area (Å²) in [6.07, 6.45) is 28.8. The molecule has 101 heavy (non-hydrogen) atoms. The van der Waals surface area contributed by atoms with E-state index in [4.69, 9.17) is 37.9 Å². The van der Waals surface area contributed by atoms with Gasteiger partial charge >= 0.3 is 0 Å². The highest BCUT2D eigenvalue weighted by Crippen LogP contribution is 2.52. The molecule has 0 spiro atoms. The summed E-state index contributed by atoms with van der Waals surface area (Å²) >= 11 is 0. The van der Waals surface area contributed by atoms with Crippen LogP contribution < -0.4 is 21.3 Å². The zero-order valence-electron chi connectivity index (χ0n) is 62.8. The molecular weight excluding hydrogens is 1260 g/mol. The van der Waals surface area contributed by atoms with Crippen LogP contribution in [0.15, 0.2) is 72.8 Å². The van der Waals surface area contributed by atoms with Gasteiger partial charge in [-0.3, -0.25) is 0 Å². The molecule has 8 bridgehead atoms. The quantitative estimate of drug-likeness (QED) is 0.0213. The lowest BCUT2D eigenvalue weighted by Gasteiger charge is -2.49. The number of phenols is 3. The lowest BCUT2D eigenvalue weighted by Crippen LogP contribution is -2.56. The SMILES string of the molecule is Cc1ccc2c(c1)[C@@]1(C)CCCCC[C@@H](C2)[C@@H]1NCCOCCOCC(COCCOCCN[C@H]1[C@H]2CCCCC[C@]1(C)c1cc(O)ccc1C2)(COCCOCCN[C@H]1[C@H]2CCCCC[C@]1(C)c1cc(O)ccc1C2)COCCOCCN[C@H]1[C@H]2CCCCC[C@]1(C)c1cc(O)ccc1C2. The average Bonchev–Trinajstić information content (AvgIpc) is 0.769. The molecule has 8 aliphatic rings. The summed E-state index contributed by atoms with van der Waals surface area (Å²) < 4.78 is 52.1. The minimum absolute atomic E-state index is 0.0516. The minimum atomic E-state index is -0.658. The summed E-state index contributed by atoms with van der Waals surface area (Å²) in [6, 6.07) is 26.7. The van der Waals surface area contributed by atoms with Crippen molar-refractivity contribution in [2.45, 2.75) is 235 Å². The van der Waals surface area contributed by atoms with E-state index in [-0.39, 0.29) is 21.7 Å². The van der Waals surface area contributed by atoms with Crippen LogP contribution in [0.5, 0.6) is 17.2 Å². The Hall–Kier alpha value is -4.20. The van der Waals surface area contributed by atoms with Gasteiger partial charge in [-0.05, 0) is 189 Å². The lowest BCUT2D eigenvalue weighted by molar-refractivity contribution is -0.121. The molecule has 560 valence electrons. The molecule has 12 atom stereocenters. The van der Waals surface area contributed by atoms with E-state index in [1.54, 1.807) is 11.1 Å². The Balaban J connectivity index is 0.665. The first-order valence-corrected chi connectivity index (χ1v) is 40.3. The second-order valence-electron chi connectivity index (χ2n) is 33.5. The van der Waals surface area contributed by atoms with Crippen molar-refractivity contribution < 1.29 is 53.2 Å². The number of nitrogens with one attached hydrogen (secondary N) is 4. The van der Waals surface area contributed by atoms with Crippen molar-refractivity contribution in [1.82, 2.24) is 21.3 Å². The van der Waals surface area contributed by atoms with E-state index in [1.165, 1.54) is 148 Å². The Morgan fingerprint density at radius 1 is 0.327 bits per heavy atom. The fourth-order valence-electron chi connectivity index (χ4n) is 21.1. The first-order valence-electron chi connectivity index (χ1n) is 40.3. The van der Waals surface area contributed by atoms with Crippen LogP contribution in [-0.4, -0.2) is 171 Å². The van der Waals surface area contributed by atoms with Crippen molar-refractivity contribution in [3.8, 4) is 17.2 Å². The zero-order valence-corrected chi connectivity index (χ0v) is 62.8. The van der Waals surface area contributed by atoms with E-state index in [9.17, 15) is 15.3 Å². The third-order valence-corrected chi connectivity index (χ3v) is 26.2. The molecule has 15 heteroatoms. The van der Waals surface area contributed by atoms with Gasteiger partial charge in [0, 0.05) is 72.0 Å². The van der Waals surface area contributed by atoms with Crippen LogP contribution in [0.25, 0.3) is 0 Å². The summed E-state index contributed by atoms with van der Waals surface area (Å²) in [6.45, 7) is 22.2. The molecule has 4 saturated carbocycles. The van der Waals surface area contributed by atoms with Crippen LogP contribution in [0, 0.1) is 36.0 Å². The van der Waals surface area contributed by atoms with Gasteiger partial charge in [-0.2, -0.15) is 0 Å². The monoisotopic (exact) mass is 1390 g/mol. The Labute approximate surface area is 607 Å². The van der Waals surface area contributed by atoms with E-state index >= 15 is 0 Å². The standard InChI is InChI=1S/C86H130N4O11/c1-62-22-23-63-51-67-18-10-6-14-30-82(2,74(63)50-62)78(67)87-34-38-94-42-46-98-58-86(59-99-47-43-95-39-35-88-79-68-19-11-7-15-31-83(79,3)75-55-71(91)27-24-64(75)52-68,60-100-48-44-96-40-36-89-80-69-20-12-8-16-32-84(80,4)76-56-72(92)28-25-65(76)53-69)61-101-49-45-97-41-37-90-81-70-21-13-9-17-33-85(81,5)77-57-73(93)29-26-66(77)54-70/h22-29,50,55-57,67-70,78-81,87-93H,6-21,30-49,51-54,58-61H2,1-5H3/t67-,68-,69-,70-,78-,79-,80-,81-,82+,83+,84+,85+/m0/s1. The fraction of sp³-hybridized carbons (Fsp3) is 0.721. The van der Waals surface area contributed by atoms with Gasteiger partial charge in [0.2, 0.25) is 0 Å². The van der Waals surface area contributed by atoms with Gasteiger partial charge in [-0.25, -0.2) is 0 Å². The van der Waals surface area contributed by atoms with Crippen LogP contribution in [0.3, 0.4) is 0 Å². The Morgan fingerprint density at radius 3 is 0.871 bits per heavy atom. The number of fused-ring (bicyclic) bond motifs is 16. The minimum Gasteiger partial charge on any atom is -0.508 e. The predicted molar refractivity (Wildman–Crippen MR) is 402 cm³/mol. The molecule has 0 radical (unpaired) electrons. The maximum Gasteiger partial charge on any atom is 0.115 e. The fourth-order valence-corrected chi connectivity index (χ4v) is 21.1. The largest absolute Gasteiger partial charge is 0.508 e. The molecule has 4 aromatic carbocycles. The smallest absolute Gasteiger partial charge is 0.115 e. The second-order valence-corrected chi connectivity index (χ2v) is 33.5. The molecule has 8 aliphatic carbocycles. The van der Waals surface area contributed by atoms with Crippen LogP contribution in [0.2, 0.25) is 0 Å². The molecule has 4 fully saturated rings. The van der Waals surface area contributed by atoms with Crippen LogP contribution in [-0.2, 0) is 85.2 Å². The maximum absolute atomic E-state index is 10.6. The van der Waals surface area contributed by atoms with Crippen LogP contribution >= 0.6 is 0 Å². The topological polar surface area (TPSA) is 183 Å². The molecule has 7 N–H and O–H groups in total. The van der Waals surface area contributed by atoms with Gasteiger partial charge in [0.1, 0.15) is 17.2 Å². The summed E-state index contributed by atoms with van der Waals surface area (Å²) in [5, 5.41) is 48.0. The number of benzene rings is 4. The first-order chi connectivity index (χ1) is 49.2. The van der Waals surface area contributed by atoms with Crippen molar-refractivity contribution in [2.75, 3.05) is 132 Å². The average molecular weight is 1400 g/mol. The third kappa shape index (κ3) is 18.8. The van der Waals surface area contributed by atoms with Crippen molar-refractivity contribution >= 4 is 0 Å². The van der Waals surface area contributed by atoms with Gasteiger partial charge in [0.05, 0.1) is 111 Å². The molecule has 0 unspecified atom stereocenters. The summed E-state index contributed by atoms with van der Waals surface area (Å²) in [4.78, 5) is 0. The van der Waals surface area contributed by atoms with Crippen LogP contribution in [0.1, 0.15) is 206 Å². The number of hydrogen-bond donors (Lipinski definition) is 7. The van der Waals surface area contributed by atoms with Crippen molar-refractivity contribution in [3.05, 3.63) is 123 Å². The summed E-state index contributed by atoms with van der Waals surface area (Å²) in [5.41, 5.74) is 11.8. The third-order valence-electron chi connectivity index (χ3n) is 26.2. The van der Waals surface area contributed by atoms with E-state index in [2.05, 4.69) is 92.3 Å². The highest BCUT2D eigenvalue weighted by molar-refractivity contribution is 5.47. The summed E-state index contributed by atoms with van der Waals surface area (Å²) in [5.74, 6) is 3.33. The lowest BCUT2D eigenvalue weighted by atomic mass is 9.59. The molecule has 4 aromatic rings. The van der Waals surface area contributed by atoms with Crippen molar-refractivity contribution in [3.63, 3.8) is 0 Å². The summed E-state index contributed by atoms with van der Waals surface area (Å²) in [7, 11) is 0. The van der Waals surface area contributed by atoms with Crippen LogP contribution in [0.4, 0.5) is 0 Å². The Morgan fingerprint density at radius 2 is 0.584 bits per heavy atom. The zero-order chi connectivity index (χ0) is 70.1. The van der Waals surface area contributed by atoms with Crippen molar-refractivity contribution in [1.29, 1.82) is 0 Å². The molecule has 0 heterocycles. The van der Waals surface area contributed by atoms with Gasteiger partial charge in [-0.15, -0.1) is 0 Å². The molecule has 0 aliphatic heterocycles. The second kappa shape index (κ2) is 36.4.